The van der Waals surface area contributed by atoms with E-state index in [0.29, 0.717) is 34.8 Å². The van der Waals surface area contributed by atoms with E-state index in [1.165, 1.54) is 0 Å². The first-order valence-electron chi connectivity index (χ1n) is 5.94. The van der Waals surface area contributed by atoms with Crippen molar-refractivity contribution in [3.8, 4) is 23.0 Å². The summed E-state index contributed by atoms with van der Waals surface area (Å²) in [4.78, 5) is 0. The molecule has 1 aromatic rings. The molecule has 0 radical (unpaired) electrons. The highest BCUT2D eigenvalue weighted by Gasteiger charge is 2.61. The number of alkyl halides is 2. The molecule has 6 heteroatoms. The number of hydrogen-bond acceptors (Lipinski definition) is 4. The number of methoxy groups -OCH3 is 2. The molecule has 1 aliphatic heterocycles. The number of rotatable bonds is 3. The van der Waals surface area contributed by atoms with E-state index in [2.05, 4.69) is 38.8 Å². The average molecular weight is 394 g/mol. The van der Waals surface area contributed by atoms with Crippen molar-refractivity contribution in [1.29, 1.82) is 0 Å². The Kier molecular flexibility index (Phi) is 3.13. The van der Waals surface area contributed by atoms with E-state index in [0.717, 1.165) is 5.56 Å². The molecular formula is C13H14Br2O4. The van der Waals surface area contributed by atoms with Crippen molar-refractivity contribution in [2.45, 2.75) is 16.1 Å². The first kappa shape index (κ1) is 13.4. The highest BCUT2D eigenvalue weighted by molar-refractivity contribution is 9.25. The van der Waals surface area contributed by atoms with Crippen LogP contribution in [0.3, 0.4) is 0 Å². The molecule has 104 valence electrons. The van der Waals surface area contributed by atoms with Gasteiger partial charge in [0.05, 0.1) is 17.5 Å². The first-order chi connectivity index (χ1) is 9.02. The van der Waals surface area contributed by atoms with Crippen molar-refractivity contribution in [3.05, 3.63) is 11.6 Å². The predicted octanol–water partition coefficient (Wildman–Crippen LogP) is 3.65. The largest absolute Gasteiger partial charge is 0.492 e. The third kappa shape index (κ3) is 1.83. The lowest BCUT2D eigenvalue weighted by molar-refractivity contribution is 0.170. The average Bonchev–Trinajstić information content (AvgIpc) is 2.77. The van der Waals surface area contributed by atoms with Crippen molar-refractivity contribution in [3.63, 3.8) is 0 Å². The number of ether oxygens (including phenoxy) is 4. The zero-order chi connectivity index (χ0) is 13.8. The zero-order valence-electron chi connectivity index (χ0n) is 10.8. The molecule has 1 saturated carbocycles. The molecule has 3 rings (SSSR count). The van der Waals surface area contributed by atoms with Gasteiger partial charge >= 0.3 is 0 Å². The second kappa shape index (κ2) is 4.45. The molecule has 2 atom stereocenters. The lowest BCUT2D eigenvalue weighted by Crippen LogP contribution is -1.98. The molecule has 1 fully saturated rings. The van der Waals surface area contributed by atoms with Crippen LogP contribution in [0.25, 0.3) is 0 Å². The van der Waals surface area contributed by atoms with E-state index in [1.807, 2.05) is 6.07 Å². The maximum atomic E-state index is 5.53. The summed E-state index contributed by atoms with van der Waals surface area (Å²) in [7, 11) is 3.25. The standard InChI is InChI=1S/C13H14Br2O4/c1-6-9(13(6,14)15)7-4-8-11(19-5-18-8)12(17-3)10(7)16-2/h4,6,9H,5H2,1-3H3. The van der Waals surface area contributed by atoms with Gasteiger partial charge in [0.1, 0.15) is 0 Å². The molecule has 0 amide bonds. The van der Waals surface area contributed by atoms with Crippen LogP contribution in [0.1, 0.15) is 18.4 Å². The second-order valence-electron chi connectivity index (χ2n) is 4.71. The fraction of sp³-hybridized carbons (Fsp3) is 0.538. The van der Waals surface area contributed by atoms with Crippen LogP contribution >= 0.6 is 31.9 Å². The molecule has 0 aromatic heterocycles. The fourth-order valence-corrected chi connectivity index (χ4v) is 4.15. The van der Waals surface area contributed by atoms with E-state index in [4.69, 9.17) is 18.9 Å². The van der Waals surface area contributed by atoms with Gasteiger partial charge in [0.2, 0.25) is 18.3 Å². The Labute approximate surface area is 128 Å². The van der Waals surface area contributed by atoms with Gasteiger partial charge < -0.3 is 18.9 Å². The molecule has 1 heterocycles. The van der Waals surface area contributed by atoms with Crippen LogP contribution in [0, 0.1) is 5.92 Å². The first-order valence-corrected chi connectivity index (χ1v) is 7.53. The summed E-state index contributed by atoms with van der Waals surface area (Å²) in [6.07, 6.45) is 0. The minimum absolute atomic E-state index is 0.0913. The lowest BCUT2D eigenvalue weighted by atomic mass is 10.1. The molecule has 2 unspecified atom stereocenters. The molecule has 1 aromatic carbocycles. The zero-order valence-corrected chi connectivity index (χ0v) is 14.0. The van der Waals surface area contributed by atoms with Gasteiger partial charge in [-0.3, -0.25) is 0 Å². The van der Waals surface area contributed by atoms with Crippen molar-refractivity contribution in [2.75, 3.05) is 21.0 Å². The highest BCUT2D eigenvalue weighted by atomic mass is 79.9. The third-order valence-electron chi connectivity index (χ3n) is 3.76. The second-order valence-corrected chi connectivity index (χ2v) is 8.40. The molecule has 19 heavy (non-hydrogen) atoms. The number of halogens is 2. The summed E-state index contributed by atoms with van der Waals surface area (Å²) in [5.41, 5.74) is 1.06. The number of hydrogen-bond donors (Lipinski definition) is 0. The molecule has 0 saturated heterocycles. The Morgan fingerprint density at radius 2 is 1.84 bits per heavy atom. The van der Waals surface area contributed by atoms with Gasteiger partial charge in [0.25, 0.3) is 0 Å². The van der Waals surface area contributed by atoms with Crippen LogP contribution in [-0.2, 0) is 0 Å². The predicted molar refractivity (Wildman–Crippen MR) is 78.2 cm³/mol. The molecule has 0 N–H and O–H groups in total. The third-order valence-corrected chi connectivity index (χ3v) is 6.19. The van der Waals surface area contributed by atoms with Gasteiger partial charge in [-0.1, -0.05) is 38.8 Å². The van der Waals surface area contributed by atoms with E-state index in [-0.39, 0.29) is 10.0 Å². The highest BCUT2D eigenvalue weighted by Crippen LogP contribution is 2.69. The van der Waals surface area contributed by atoms with Gasteiger partial charge in [-0.15, -0.1) is 0 Å². The molecule has 0 spiro atoms. The normalized spacial score (nSPS) is 26.2. The fourth-order valence-electron chi connectivity index (χ4n) is 2.60. The molecule has 4 nitrogen and oxygen atoms in total. The minimum Gasteiger partial charge on any atom is -0.492 e. The Morgan fingerprint density at radius 3 is 2.37 bits per heavy atom. The quantitative estimate of drug-likeness (QED) is 0.734. The molecule has 2 aliphatic rings. The number of benzene rings is 1. The van der Waals surface area contributed by atoms with Crippen LogP contribution in [0.4, 0.5) is 0 Å². The van der Waals surface area contributed by atoms with E-state index in [9.17, 15) is 0 Å². The van der Waals surface area contributed by atoms with Gasteiger partial charge in [-0.25, -0.2) is 0 Å². The Hall–Kier alpha value is -0.620. The SMILES string of the molecule is COc1c(C2C(C)C2(Br)Br)cc2c(c1OC)OCO2. The van der Waals surface area contributed by atoms with Gasteiger partial charge in [0.15, 0.2) is 11.5 Å². The summed E-state index contributed by atoms with van der Waals surface area (Å²) < 4.78 is 21.8. The topological polar surface area (TPSA) is 36.9 Å². The van der Waals surface area contributed by atoms with Crippen LogP contribution in [0.5, 0.6) is 23.0 Å². The van der Waals surface area contributed by atoms with Crippen molar-refractivity contribution >= 4 is 31.9 Å². The van der Waals surface area contributed by atoms with Gasteiger partial charge in [0, 0.05) is 11.5 Å². The van der Waals surface area contributed by atoms with Crippen molar-refractivity contribution in [2.24, 2.45) is 5.92 Å². The smallest absolute Gasteiger partial charge is 0.231 e. The van der Waals surface area contributed by atoms with Crippen LogP contribution in [-0.4, -0.2) is 24.2 Å². The molecule has 1 aliphatic carbocycles. The van der Waals surface area contributed by atoms with Crippen LogP contribution < -0.4 is 18.9 Å². The maximum absolute atomic E-state index is 5.53. The van der Waals surface area contributed by atoms with E-state index in [1.54, 1.807) is 14.2 Å². The number of fused-ring (bicyclic) bond motifs is 1. The van der Waals surface area contributed by atoms with Crippen LogP contribution in [0.2, 0.25) is 0 Å². The maximum Gasteiger partial charge on any atom is 0.231 e. The molecule has 0 bridgehead atoms. The van der Waals surface area contributed by atoms with E-state index >= 15 is 0 Å². The van der Waals surface area contributed by atoms with Crippen molar-refractivity contribution < 1.29 is 18.9 Å². The van der Waals surface area contributed by atoms with E-state index < -0.39 is 0 Å². The summed E-state index contributed by atoms with van der Waals surface area (Å²) in [5.74, 6) is 3.39. The molecular weight excluding hydrogens is 380 g/mol. The minimum atomic E-state index is -0.0913. The Balaban J connectivity index is 2.15. The summed E-state index contributed by atoms with van der Waals surface area (Å²) in [5, 5.41) is 0. The van der Waals surface area contributed by atoms with Gasteiger partial charge in [-0.05, 0) is 12.0 Å². The van der Waals surface area contributed by atoms with Gasteiger partial charge in [-0.2, -0.15) is 0 Å². The Bertz CT molecular complexity index is 530. The summed E-state index contributed by atoms with van der Waals surface area (Å²) in [6, 6.07) is 1.98. The van der Waals surface area contributed by atoms with Crippen molar-refractivity contribution in [1.82, 2.24) is 0 Å². The lowest BCUT2D eigenvalue weighted by Gasteiger charge is -2.15. The summed E-state index contributed by atoms with van der Waals surface area (Å²) >= 11 is 7.39. The summed E-state index contributed by atoms with van der Waals surface area (Å²) in [6.45, 7) is 2.39. The Morgan fingerprint density at radius 1 is 1.21 bits per heavy atom. The van der Waals surface area contributed by atoms with Crippen LogP contribution in [0.15, 0.2) is 6.07 Å². The monoisotopic (exact) mass is 392 g/mol.